The van der Waals surface area contributed by atoms with E-state index in [9.17, 15) is 9.90 Å². The first-order chi connectivity index (χ1) is 12.5. The van der Waals surface area contributed by atoms with Gasteiger partial charge >= 0.3 is 6.03 Å². The van der Waals surface area contributed by atoms with Crippen LogP contribution >= 0.6 is 0 Å². The predicted octanol–water partition coefficient (Wildman–Crippen LogP) is 2.32. The van der Waals surface area contributed by atoms with E-state index >= 15 is 0 Å². The monoisotopic (exact) mass is 360 g/mol. The number of carbonyl (C=O) groups is 1. The Balaban J connectivity index is 1.59. The van der Waals surface area contributed by atoms with Crippen molar-refractivity contribution in [3.05, 3.63) is 29.3 Å². The molecule has 3 heterocycles. The summed E-state index contributed by atoms with van der Waals surface area (Å²) in [5, 5.41) is 14.4. The van der Waals surface area contributed by atoms with E-state index in [1.54, 1.807) is 0 Å². The Labute approximate surface area is 154 Å². The van der Waals surface area contributed by atoms with Crippen LogP contribution in [0.5, 0.6) is 0 Å². The van der Waals surface area contributed by atoms with E-state index in [1.165, 1.54) is 0 Å². The van der Waals surface area contributed by atoms with Crippen molar-refractivity contribution in [2.45, 2.75) is 38.3 Å². The summed E-state index contributed by atoms with van der Waals surface area (Å²) in [7, 11) is 0. The molecule has 3 aliphatic rings. The van der Waals surface area contributed by atoms with Crippen LogP contribution < -0.4 is 5.32 Å². The molecule has 3 aliphatic heterocycles. The summed E-state index contributed by atoms with van der Waals surface area (Å²) in [4.78, 5) is 15.0. The van der Waals surface area contributed by atoms with E-state index in [1.807, 2.05) is 36.9 Å². The van der Waals surface area contributed by atoms with Gasteiger partial charge in [-0.2, -0.15) is 0 Å². The summed E-state index contributed by atoms with van der Waals surface area (Å²) in [6.45, 7) is 6.79. The molecule has 142 valence electrons. The number of benzene rings is 1. The number of aliphatic hydroxyl groups is 1. The minimum atomic E-state index is -0.792. The predicted molar refractivity (Wildman–Crippen MR) is 98.2 cm³/mol. The van der Waals surface area contributed by atoms with Gasteiger partial charge in [0.25, 0.3) is 0 Å². The minimum Gasteiger partial charge on any atom is -0.389 e. The summed E-state index contributed by atoms with van der Waals surface area (Å²) >= 11 is 0. The highest BCUT2D eigenvalue weighted by Crippen LogP contribution is 2.44. The van der Waals surface area contributed by atoms with Gasteiger partial charge in [-0.15, -0.1) is 0 Å². The number of hydrogen-bond acceptors (Lipinski definition) is 4. The highest BCUT2D eigenvalue weighted by Gasteiger charge is 2.56. The van der Waals surface area contributed by atoms with Crippen molar-refractivity contribution in [3.63, 3.8) is 0 Å². The normalized spacial score (nSPS) is 34.0. The van der Waals surface area contributed by atoms with Crippen LogP contribution in [-0.2, 0) is 9.47 Å². The number of likely N-dealkylation sites (tertiary alicyclic amines) is 1. The maximum atomic E-state index is 13.1. The molecule has 2 N–H and O–H groups in total. The maximum absolute atomic E-state index is 13.1. The van der Waals surface area contributed by atoms with Crippen LogP contribution in [0, 0.1) is 25.7 Å². The number of piperidine rings is 1. The van der Waals surface area contributed by atoms with Gasteiger partial charge in [0, 0.05) is 49.7 Å². The summed E-state index contributed by atoms with van der Waals surface area (Å²) in [5.41, 5.74) is 2.29. The number of hydrogen-bond donors (Lipinski definition) is 2. The van der Waals surface area contributed by atoms with Gasteiger partial charge in [0.15, 0.2) is 0 Å². The van der Waals surface area contributed by atoms with Crippen molar-refractivity contribution >= 4 is 11.7 Å². The second-order valence-electron chi connectivity index (χ2n) is 7.88. The second-order valence-corrected chi connectivity index (χ2v) is 7.88. The zero-order chi connectivity index (χ0) is 18.3. The van der Waals surface area contributed by atoms with Crippen LogP contribution in [0.1, 0.15) is 24.0 Å². The average Bonchev–Trinajstić information content (AvgIpc) is 2.65. The van der Waals surface area contributed by atoms with Gasteiger partial charge in [-0.1, -0.05) is 12.1 Å². The molecule has 1 aromatic rings. The Kier molecular flexibility index (Phi) is 4.67. The number of aryl methyl sites for hydroxylation is 1. The van der Waals surface area contributed by atoms with Crippen molar-refractivity contribution in [2.24, 2.45) is 11.8 Å². The number of nitrogens with zero attached hydrogens (tertiary/aromatic N) is 1. The lowest BCUT2D eigenvalue weighted by Gasteiger charge is -2.56. The quantitative estimate of drug-likeness (QED) is 0.806. The van der Waals surface area contributed by atoms with Gasteiger partial charge < -0.3 is 24.8 Å². The lowest BCUT2D eigenvalue weighted by molar-refractivity contribution is -0.211. The molecule has 1 aromatic carbocycles. The van der Waals surface area contributed by atoms with Gasteiger partial charge in [-0.25, -0.2) is 4.79 Å². The van der Waals surface area contributed by atoms with Gasteiger partial charge in [0.1, 0.15) is 0 Å². The summed E-state index contributed by atoms with van der Waals surface area (Å²) < 4.78 is 11.3. The lowest BCUT2D eigenvalue weighted by Crippen LogP contribution is -2.69. The zero-order valence-electron chi connectivity index (χ0n) is 15.5. The number of nitrogens with one attached hydrogen (secondary N) is 1. The minimum absolute atomic E-state index is 0.00761. The summed E-state index contributed by atoms with van der Waals surface area (Å²) in [6, 6.07) is 5.85. The number of rotatable bonds is 1. The van der Waals surface area contributed by atoms with Gasteiger partial charge in [-0.3, -0.25) is 0 Å². The van der Waals surface area contributed by atoms with Gasteiger partial charge in [-0.05, 0) is 37.5 Å². The Bertz CT molecular complexity index is 694. The molecule has 0 spiro atoms. The fourth-order valence-corrected chi connectivity index (χ4v) is 4.77. The Morgan fingerprint density at radius 2 is 2.08 bits per heavy atom. The smallest absolute Gasteiger partial charge is 0.322 e. The van der Waals surface area contributed by atoms with Crippen LogP contribution in [0.4, 0.5) is 10.5 Å². The third-order valence-electron chi connectivity index (χ3n) is 6.56. The first kappa shape index (κ1) is 17.8. The van der Waals surface area contributed by atoms with E-state index in [-0.39, 0.29) is 23.9 Å². The number of fused-ring (bicyclic) bond motifs is 3. The van der Waals surface area contributed by atoms with Crippen molar-refractivity contribution < 1.29 is 19.4 Å². The molecule has 0 aromatic heterocycles. The molecule has 6 nitrogen and oxygen atoms in total. The van der Waals surface area contributed by atoms with Gasteiger partial charge in [0.05, 0.1) is 18.8 Å². The summed E-state index contributed by atoms with van der Waals surface area (Å²) in [6.07, 6.45) is 1.38. The third-order valence-corrected chi connectivity index (χ3v) is 6.56. The molecule has 0 bridgehead atoms. The Morgan fingerprint density at radius 3 is 2.92 bits per heavy atom. The van der Waals surface area contributed by atoms with Crippen LogP contribution in [0.3, 0.4) is 0 Å². The topological polar surface area (TPSA) is 71.0 Å². The van der Waals surface area contributed by atoms with Crippen molar-refractivity contribution in [3.8, 4) is 0 Å². The lowest BCUT2D eigenvalue weighted by atomic mass is 9.66. The standard InChI is InChI=1S/C20H28N2O4/c1-13-4-3-5-17(14(13)2)21-19(23)22-10-15-11-26-9-7-20(15,24)16-12-25-8-6-18(16)22/h3-5,15-16,18,24H,6-12H2,1-2H3,(H,21,23)/t15-,16+,18-,20-/m1/s1. The Morgan fingerprint density at radius 1 is 1.27 bits per heavy atom. The number of carbonyl (C=O) groups excluding carboxylic acids is 1. The second kappa shape index (κ2) is 6.83. The zero-order valence-corrected chi connectivity index (χ0v) is 15.5. The highest BCUT2D eigenvalue weighted by atomic mass is 16.5. The third kappa shape index (κ3) is 2.90. The molecule has 3 fully saturated rings. The first-order valence-corrected chi connectivity index (χ1v) is 9.52. The SMILES string of the molecule is Cc1cccc(NC(=O)N2C[C@@H]3COCC[C@]3(O)[C@H]3COCC[C@H]32)c1C. The van der Waals surface area contributed by atoms with E-state index in [0.29, 0.717) is 39.4 Å². The molecule has 0 radical (unpaired) electrons. The van der Waals surface area contributed by atoms with Crippen LogP contribution in [-0.4, -0.2) is 60.7 Å². The number of anilines is 1. The molecule has 0 saturated carbocycles. The molecular formula is C20H28N2O4. The molecule has 4 atom stereocenters. The molecule has 4 rings (SSSR count). The fraction of sp³-hybridized carbons (Fsp3) is 0.650. The number of urea groups is 1. The average molecular weight is 360 g/mol. The molecule has 0 aliphatic carbocycles. The highest BCUT2D eigenvalue weighted by molar-refractivity contribution is 5.90. The van der Waals surface area contributed by atoms with E-state index in [4.69, 9.17) is 9.47 Å². The molecule has 2 amide bonds. The van der Waals surface area contributed by atoms with Crippen LogP contribution in [0.2, 0.25) is 0 Å². The van der Waals surface area contributed by atoms with Crippen LogP contribution in [0.25, 0.3) is 0 Å². The maximum Gasteiger partial charge on any atom is 0.322 e. The number of amides is 2. The Hall–Kier alpha value is -1.63. The largest absolute Gasteiger partial charge is 0.389 e. The van der Waals surface area contributed by atoms with Crippen LogP contribution in [0.15, 0.2) is 18.2 Å². The molecule has 6 heteroatoms. The van der Waals surface area contributed by atoms with Gasteiger partial charge in [0.2, 0.25) is 0 Å². The molecule has 0 unspecified atom stereocenters. The molecular weight excluding hydrogens is 332 g/mol. The van der Waals surface area contributed by atoms with Crippen molar-refractivity contribution in [2.75, 3.05) is 38.3 Å². The van der Waals surface area contributed by atoms with E-state index in [0.717, 1.165) is 23.2 Å². The van der Waals surface area contributed by atoms with E-state index < -0.39 is 5.60 Å². The molecule has 26 heavy (non-hydrogen) atoms. The van der Waals surface area contributed by atoms with Crippen molar-refractivity contribution in [1.29, 1.82) is 0 Å². The number of ether oxygens (including phenoxy) is 2. The molecule has 3 saturated heterocycles. The first-order valence-electron chi connectivity index (χ1n) is 9.52. The summed E-state index contributed by atoms with van der Waals surface area (Å²) in [5.74, 6) is -0.119. The van der Waals surface area contributed by atoms with Crippen molar-refractivity contribution in [1.82, 2.24) is 4.90 Å². The van der Waals surface area contributed by atoms with E-state index in [2.05, 4.69) is 5.32 Å². The fourth-order valence-electron chi connectivity index (χ4n) is 4.77.